The van der Waals surface area contributed by atoms with Crippen LogP contribution in [0.3, 0.4) is 0 Å². The number of amidine groups is 1. The maximum atomic E-state index is 11.5. The lowest BCUT2D eigenvalue weighted by molar-refractivity contribution is -0.113. The van der Waals surface area contributed by atoms with Gasteiger partial charge in [-0.15, -0.1) is 0 Å². The number of thioether (sulfide) groups is 1. The Kier molecular flexibility index (Phi) is 3.80. The molecule has 1 amide bonds. The Morgan fingerprint density at radius 2 is 2.00 bits per heavy atom. The van der Waals surface area contributed by atoms with Crippen molar-refractivity contribution in [3.8, 4) is 11.3 Å². The average Bonchev–Trinajstić information content (AvgIpc) is 3.01. The Labute approximate surface area is 134 Å². The minimum absolute atomic E-state index is 0.238. The summed E-state index contributed by atoms with van der Waals surface area (Å²) in [5, 5.41) is 1.17. The van der Waals surface area contributed by atoms with Crippen LogP contribution in [0.4, 0.5) is 0 Å². The lowest BCUT2D eigenvalue weighted by atomic mass is 10.2. The van der Waals surface area contributed by atoms with Gasteiger partial charge in [0, 0.05) is 11.6 Å². The van der Waals surface area contributed by atoms with E-state index >= 15 is 0 Å². The van der Waals surface area contributed by atoms with E-state index in [4.69, 9.17) is 33.4 Å². The van der Waals surface area contributed by atoms with Crippen LogP contribution in [0.1, 0.15) is 5.76 Å². The first-order valence-corrected chi connectivity index (χ1v) is 7.43. The van der Waals surface area contributed by atoms with Crippen LogP contribution >= 0.6 is 35.0 Å². The molecule has 3 rings (SSSR count). The molecule has 0 saturated carbocycles. The first-order valence-electron chi connectivity index (χ1n) is 5.86. The van der Waals surface area contributed by atoms with Gasteiger partial charge in [0.05, 0.1) is 15.0 Å². The minimum Gasteiger partial charge on any atom is -0.457 e. The van der Waals surface area contributed by atoms with Gasteiger partial charge in [-0.05, 0) is 42.1 Å². The van der Waals surface area contributed by atoms with Gasteiger partial charge in [0.15, 0.2) is 5.17 Å². The van der Waals surface area contributed by atoms with Gasteiger partial charge >= 0.3 is 0 Å². The van der Waals surface area contributed by atoms with E-state index in [1.807, 2.05) is 0 Å². The van der Waals surface area contributed by atoms with Crippen LogP contribution in [-0.2, 0) is 4.79 Å². The fourth-order valence-electron chi connectivity index (χ4n) is 1.79. The van der Waals surface area contributed by atoms with Crippen LogP contribution in [0, 0.1) is 0 Å². The molecule has 2 aromatic rings. The maximum absolute atomic E-state index is 11.5. The molecule has 0 saturated heterocycles. The Morgan fingerprint density at radius 3 is 2.67 bits per heavy atom. The molecule has 1 aromatic carbocycles. The third-order valence-corrected chi connectivity index (χ3v) is 4.29. The highest BCUT2D eigenvalue weighted by Crippen LogP contribution is 2.31. The first-order chi connectivity index (χ1) is 10.0. The van der Waals surface area contributed by atoms with E-state index in [-0.39, 0.29) is 11.1 Å². The average molecular weight is 339 g/mol. The smallest absolute Gasteiger partial charge is 0.286 e. The standard InChI is InChI=1S/C14H8Cl2N2O2S/c15-9-3-1-7(5-10(9)16)11-4-2-8(20-11)6-12-13(19)18-14(17)21-12/h1-6H,(H2,17,18,19). The zero-order chi connectivity index (χ0) is 15.0. The number of rotatable bonds is 2. The van der Waals surface area contributed by atoms with E-state index in [9.17, 15) is 4.79 Å². The molecule has 0 aliphatic carbocycles. The summed E-state index contributed by atoms with van der Waals surface area (Å²) in [6.45, 7) is 0. The van der Waals surface area contributed by atoms with Crippen LogP contribution in [0.15, 0.2) is 44.6 Å². The summed E-state index contributed by atoms with van der Waals surface area (Å²) in [6.07, 6.45) is 1.61. The van der Waals surface area contributed by atoms with E-state index in [0.717, 1.165) is 17.3 Å². The number of hydrogen-bond acceptors (Lipinski definition) is 4. The van der Waals surface area contributed by atoms with Crippen LogP contribution in [-0.4, -0.2) is 11.1 Å². The third kappa shape index (κ3) is 3.00. The number of aliphatic imine (C=N–C) groups is 1. The highest BCUT2D eigenvalue weighted by Gasteiger charge is 2.20. The number of nitrogens with zero attached hydrogens (tertiary/aromatic N) is 1. The molecule has 21 heavy (non-hydrogen) atoms. The Hall–Kier alpha value is -1.69. The van der Waals surface area contributed by atoms with Gasteiger partial charge in [0.25, 0.3) is 5.91 Å². The molecule has 2 heterocycles. The Balaban J connectivity index is 1.89. The Bertz CT molecular complexity index is 796. The summed E-state index contributed by atoms with van der Waals surface area (Å²) >= 11 is 13.0. The number of hydrogen-bond donors (Lipinski definition) is 1. The molecule has 0 radical (unpaired) electrons. The summed E-state index contributed by atoms with van der Waals surface area (Å²) < 4.78 is 5.67. The van der Waals surface area contributed by atoms with Gasteiger partial charge in [0.1, 0.15) is 11.5 Å². The number of nitrogens with two attached hydrogens (primary N) is 1. The number of benzene rings is 1. The van der Waals surface area contributed by atoms with Crippen molar-refractivity contribution in [2.75, 3.05) is 0 Å². The number of furan rings is 1. The highest BCUT2D eigenvalue weighted by atomic mass is 35.5. The molecule has 1 aromatic heterocycles. The van der Waals surface area contributed by atoms with E-state index in [1.165, 1.54) is 0 Å². The second-order valence-corrected chi connectivity index (χ2v) is 6.07. The predicted octanol–water partition coefficient (Wildman–Crippen LogP) is 4.18. The lowest BCUT2D eigenvalue weighted by Gasteiger charge is -1.99. The molecule has 0 fully saturated rings. The topological polar surface area (TPSA) is 68.6 Å². The van der Waals surface area contributed by atoms with Crippen molar-refractivity contribution in [3.05, 3.63) is 51.0 Å². The van der Waals surface area contributed by atoms with Crippen LogP contribution in [0.25, 0.3) is 17.4 Å². The van der Waals surface area contributed by atoms with Gasteiger partial charge in [-0.3, -0.25) is 4.79 Å². The van der Waals surface area contributed by atoms with Gasteiger partial charge in [-0.25, -0.2) is 0 Å². The zero-order valence-electron chi connectivity index (χ0n) is 10.5. The fraction of sp³-hybridized carbons (Fsp3) is 0. The number of amides is 1. The molecule has 1 aliphatic heterocycles. The van der Waals surface area contributed by atoms with Crippen LogP contribution in [0.2, 0.25) is 10.0 Å². The molecule has 0 atom stereocenters. The van der Waals surface area contributed by atoms with E-state index < -0.39 is 0 Å². The maximum Gasteiger partial charge on any atom is 0.286 e. The van der Waals surface area contributed by atoms with E-state index in [2.05, 4.69) is 4.99 Å². The molecule has 7 heteroatoms. The quantitative estimate of drug-likeness (QED) is 0.834. The first kappa shape index (κ1) is 14.3. The summed E-state index contributed by atoms with van der Waals surface area (Å²) in [5.74, 6) is 0.812. The van der Waals surface area contributed by atoms with Gasteiger partial charge in [-0.2, -0.15) is 4.99 Å². The van der Waals surface area contributed by atoms with Crippen molar-refractivity contribution < 1.29 is 9.21 Å². The highest BCUT2D eigenvalue weighted by molar-refractivity contribution is 8.18. The minimum atomic E-state index is -0.356. The molecular formula is C14H8Cl2N2O2S. The summed E-state index contributed by atoms with van der Waals surface area (Å²) in [7, 11) is 0. The van der Waals surface area contributed by atoms with Crippen LogP contribution < -0.4 is 5.73 Å². The molecule has 106 valence electrons. The largest absolute Gasteiger partial charge is 0.457 e. The number of carbonyl (C=O) groups excluding carboxylic acids is 1. The van der Waals surface area contributed by atoms with Gasteiger partial charge in [-0.1, -0.05) is 23.2 Å². The van der Waals surface area contributed by atoms with Crippen molar-refractivity contribution >= 4 is 52.1 Å². The van der Waals surface area contributed by atoms with Gasteiger partial charge in [0.2, 0.25) is 0 Å². The van der Waals surface area contributed by atoms with E-state index in [0.29, 0.717) is 26.5 Å². The van der Waals surface area contributed by atoms with Gasteiger partial charge < -0.3 is 10.2 Å². The summed E-state index contributed by atoms with van der Waals surface area (Å²) in [4.78, 5) is 15.6. The molecule has 0 spiro atoms. The zero-order valence-corrected chi connectivity index (χ0v) is 12.8. The normalized spacial score (nSPS) is 16.6. The predicted molar refractivity (Wildman–Crippen MR) is 86.4 cm³/mol. The van der Waals surface area contributed by atoms with Crippen LogP contribution in [0.5, 0.6) is 0 Å². The summed E-state index contributed by atoms with van der Waals surface area (Å²) in [6, 6.07) is 8.77. The fourth-order valence-corrected chi connectivity index (χ4v) is 2.75. The van der Waals surface area contributed by atoms with E-state index in [1.54, 1.807) is 36.4 Å². The second kappa shape index (κ2) is 5.60. The number of halogens is 2. The number of carbonyl (C=O) groups is 1. The SMILES string of the molecule is NC1=NC(=O)C(=Cc2ccc(-c3ccc(Cl)c(Cl)c3)o2)S1. The molecule has 4 nitrogen and oxygen atoms in total. The third-order valence-electron chi connectivity index (χ3n) is 2.74. The van der Waals surface area contributed by atoms with Crippen molar-refractivity contribution in [1.82, 2.24) is 0 Å². The molecular weight excluding hydrogens is 331 g/mol. The summed E-state index contributed by atoms with van der Waals surface area (Å²) in [5.41, 5.74) is 6.29. The van der Waals surface area contributed by atoms with Crippen molar-refractivity contribution in [2.24, 2.45) is 10.7 Å². The van der Waals surface area contributed by atoms with Crippen molar-refractivity contribution in [2.45, 2.75) is 0 Å². The monoisotopic (exact) mass is 338 g/mol. The molecule has 0 unspecified atom stereocenters. The van der Waals surface area contributed by atoms with Crippen molar-refractivity contribution in [3.63, 3.8) is 0 Å². The Morgan fingerprint density at radius 1 is 1.19 bits per heavy atom. The van der Waals surface area contributed by atoms with Crippen molar-refractivity contribution in [1.29, 1.82) is 0 Å². The molecule has 1 aliphatic rings. The molecule has 2 N–H and O–H groups in total. The lowest BCUT2D eigenvalue weighted by Crippen LogP contribution is -2.01. The second-order valence-electron chi connectivity index (χ2n) is 4.20. The molecule has 0 bridgehead atoms.